The Balaban J connectivity index is 1.84. The normalized spacial score (nSPS) is 11.5. The highest BCUT2D eigenvalue weighted by Gasteiger charge is 1.99. The highest BCUT2D eigenvalue weighted by atomic mass is 15.2. The molecule has 0 radical (unpaired) electrons. The number of hydrogen-bond acceptors (Lipinski definition) is 1. The van der Waals surface area contributed by atoms with Crippen LogP contribution in [-0.4, -0.2) is 23.6 Å². The van der Waals surface area contributed by atoms with E-state index in [2.05, 4.69) is 66.0 Å². The highest BCUT2D eigenvalue weighted by Crippen LogP contribution is 2.03. The van der Waals surface area contributed by atoms with E-state index in [0.29, 0.717) is 6.54 Å². The van der Waals surface area contributed by atoms with E-state index in [1.807, 2.05) is 17.8 Å². The first-order valence-electron chi connectivity index (χ1n) is 7.86. The van der Waals surface area contributed by atoms with Crippen molar-refractivity contribution >= 4 is 5.96 Å². The molecule has 22 heavy (non-hydrogen) atoms. The van der Waals surface area contributed by atoms with Gasteiger partial charge in [-0.3, -0.25) is 0 Å². The molecule has 1 heterocycles. The Bertz CT molecular complexity index is 596. The molecule has 2 rings (SSSR count). The second-order valence-corrected chi connectivity index (χ2v) is 5.54. The van der Waals surface area contributed by atoms with Crippen LogP contribution >= 0.6 is 0 Å². The highest BCUT2D eigenvalue weighted by molar-refractivity contribution is 5.79. The molecule has 4 nitrogen and oxygen atoms in total. The van der Waals surface area contributed by atoms with Gasteiger partial charge in [-0.05, 0) is 37.5 Å². The smallest absolute Gasteiger partial charge is 0.191 e. The molecule has 0 fully saturated rings. The van der Waals surface area contributed by atoms with Crippen molar-refractivity contribution in [2.24, 2.45) is 12.0 Å². The number of benzene rings is 1. The van der Waals surface area contributed by atoms with Crippen molar-refractivity contribution in [2.45, 2.75) is 26.8 Å². The van der Waals surface area contributed by atoms with Crippen LogP contribution in [0.4, 0.5) is 0 Å². The van der Waals surface area contributed by atoms with Crippen molar-refractivity contribution in [1.29, 1.82) is 0 Å². The minimum absolute atomic E-state index is 0.695. The number of aromatic nitrogens is 1. The van der Waals surface area contributed by atoms with Crippen molar-refractivity contribution in [3.63, 3.8) is 0 Å². The van der Waals surface area contributed by atoms with Crippen molar-refractivity contribution in [1.82, 2.24) is 15.2 Å². The molecule has 118 valence electrons. The van der Waals surface area contributed by atoms with Crippen LogP contribution in [0.5, 0.6) is 0 Å². The van der Waals surface area contributed by atoms with Crippen molar-refractivity contribution in [3.05, 3.63) is 59.4 Å². The lowest BCUT2D eigenvalue weighted by atomic mass is 10.1. The minimum Gasteiger partial charge on any atom is -0.357 e. The van der Waals surface area contributed by atoms with Gasteiger partial charge in [-0.25, -0.2) is 4.99 Å². The van der Waals surface area contributed by atoms with Gasteiger partial charge in [0.05, 0.1) is 6.54 Å². The maximum atomic E-state index is 4.62. The number of rotatable bonds is 6. The summed E-state index contributed by atoms with van der Waals surface area (Å²) in [7, 11) is 2.03. The fourth-order valence-electron chi connectivity index (χ4n) is 2.25. The molecule has 0 bridgehead atoms. The van der Waals surface area contributed by atoms with Crippen molar-refractivity contribution in [3.8, 4) is 0 Å². The van der Waals surface area contributed by atoms with E-state index in [4.69, 9.17) is 0 Å². The number of nitrogens with one attached hydrogen (secondary N) is 2. The molecular weight excluding hydrogens is 272 g/mol. The Morgan fingerprint density at radius 2 is 1.86 bits per heavy atom. The van der Waals surface area contributed by atoms with E-state index in [1.54, 1.807) is 0 Å². The molecule has 0 aliphatic carbocycles. The minimum atomic E-state index is 0.695. The third-order valence-electron chi connectivity index (χ3n) is 3.48. The quantitative estimate of drug-likeness (QED) is 0.636. The summed E-state index contributed by atoms with van der Waals surface area (Å²) in [6.45, 7) is 6.64. The van der Waals surface area contributed by atoms with Gasteiger partial charge in [0, 0.05) is 32.5 Å². The number of guanidine groups is 1. The number of hydrogen-bond donors (Lipinski definition) is 2. The molecular formula is C18H26N4. The van der Waals surface area contributed by atoms with Crippen LogP contribution in [0.15, 0.2) is 47.7 Å². The number of aliphatic imine (C=N–C) groups is 1. The van der Waals surface area contributed by atoms with Crippen LogP contribution in [0.2, 0.25) is 0 Å². The second-order valence-electron chi connectivity index (χ2n) is 5.54. The fourth-order valence-corrected chi connectivity index (χ4v) is 2.25. The molecule has 0 aliphatic heterocycles. The maximum absolute atomic E-state index is 4.62. The summed E-state index contributed by atoms with van der Waals surface area (Å²) < 4.78 is 2.04. The zero-order chi connectivity index (χ0) is 15.8. The largest absolute Gasteiger partial charge is 0.357 e. The predicted molar refractivity (Wildman–Crippen MR) is 93.1 cm³/mol. The lowest BCUT2D eigenvalue weighted by Gasteiger charge is -2.11. The molecule has 0 spiro atoms. The van der Waals surface area contributed by atoms with E-state index >= 15 is 0 Å². The van der Waals surface area contributed by atoms with E-state index < -0.39 is 0 Å². The van der Waals surface area contributed by atoms with Crippen LogP contribution in [0.3, 0.4) is 0 Å². The zero-order valence-electron chi connectivity index (χ0n) is 13.8. The average molecular weight is 298 g/mol. The molecule has 0 aliphatic rings. The summed E-state index contributed by atoms with van der Waals surface area (Å²) in [5, 5.41) is 6.68. The fraction of sp³-hybridized carbons (Fsp3) is 0.389. The van der Waals surface area contributed by atoms with E-state index in [-0.39, 0.29) is 0 Å². The third-order valence-corrected chi connectivity index (χ3v) is 3.48. The monoisotopic (exact) mass is 298 g/mol. The van der Waals surface area contributed by atoms with E-state index in [9.17, 15) is 0 Å². The molecule has 0 saturated carbocycles. The Labute approximate surface area is 133 Å². The van der Waals surface area contributed by atoms with Crippen LogP contribution in [0.25, 0.3) is 0 Å². The van der Waals surface area contributed by atoms with Gasteiger partial charge < -0.3 is 15.2 Å². The van der Waals surface area contributed by atoms with Gasteiger partial charge in [0.15, 0.2) is 5.96 Å². The first-order chi connectivity index (χ1) is 10.7. The zero-order valence-corrected chi connectivity index (χ0v) is 13.8. The number of nitrogens with zero attached hydrogens (tertiary/aromatic N) is 2. The van der Waals surface area contributed by atoms with Gasteiger partial charge in [-0.15, -0.1) is 0 Å². The lowest BCUT2D eigenvalue weighted by Crippen LogP contribution is -2.38. The van der Waals surface area contributed by atoms with Crippen LogP contribution in [0.1, 0.15) is 23.6 Å². The Kier molecular flexibility index (Phi) is 6.07. The van der Waals surface area contributed by atoms with Gasteiger partial charge in [-0.1, -0.05) is 29.8 Å². The first-order valence-corrected chi connectivity index (χ1v) is 7.86. The average Bonchev–Trinajstić information content (AvgIpc) is 2.92. The Morgan fingerprint density at radius 3 is 2.50 bits per heavy atom. The van der Waals surface area contributed by atoms with Crippen LogP contribution < -0.4 is 10.6 Å². The van der Waals surface area contributed by atoms with Crippen LogP contribution in [-0.2, 0) is 20.0 Å². The van der Waals surface area contributed by atoms with Gasteiger partial charge in [0.2, 0.25) is 0 Å². The first kappa shape index (κ1) is 16.1. The number of aryl methyl sites for hydroxylation is 2. The van der Waals surface area contributed by atoms with Crippen molar-refractivity contribution in [2.75, 3.05) is 13.1 Å². The van der Waals surface area contributed by atoms with E-state index in [1.165, 1.54) is 16.7 Å². The summed E-state index contributed by atoms with van der Waals surface area (Å²) >= 11 is 0. The Morgan fingerprint density at radius 1 is 1.09 bits per heavy atom. The van der Waals surface area contributed by atoms with Crippen molar-refractivity contribution < 1.29 is 0 Å². The lowest BCUT2D eigenvalue weighted by molar-refractivity contribution is 0.799. The summed E-state index contributed by atoms with van der Waals surface area (Å²) in [6.07, 6.45) is 5.14. The Hall–Kier alpha value is -2.23. The summed E-state index contributed by atoms with van der Waals surface area (Å²) in [5.74, 6) is 0.874. The second kappa shape index (κ2) is 8.27. The molecule has 4 heteroatoms. The molecule has 0 saturated heterocycles. The molecule has 0 amide bonds. The molecule has 0 unspecified atom stereocenters. The molecule has 0 atom stereocenters. The topological polar surface area (TPSA) is 41.4 Å². The van der Waals surface area contributed by atoms with Gasteiger partial charge in [0.25, 0.3) is 0 Å². The van der Waals surface area contributed by atoms with Crippen LogP contribution in [0, 0.1) is 6.92 Å². The predicted octanol–water partition coefficient (Wildman–Crippen LogP) is 2.63. The molecule has 2 N–H and O–H groups in total. The van der Waals surface area contributed by atoms with Gasteiger partial charge in [-0.2, -0.15) is 0 Å². The SMILES string of the molecule is CCNC(=NCc1ccn(C)c1)NCCc1ccc(C)cc1. The third kappa shape index (κ3) is 5.28. The molecule has 1 aromatic heterocycles. The summed E-state index contributed by atoms with van der Waals surface area (Å²) in [4.78, 5) is 4.62. The van der Waals surface area contributed by atoms with Gasteiger partial charge >= 0.3 is 0 Å². The van der Waals surface area contributed by atoms with E-state index in [0.717, 1.165) is 25.5 Å². The standard InChI is InChI=1S/C18H26N4/c1-4-19-18(21-13-17-10-12-22(3)14-17)20-11-9-16-7-5-15(2)6-8-16/h5-8,10,12,14H,4,9,11,13H2,1-3H3,(H2,19,20,21). The van der Waals surface area contributed by atoms with Gasteiger partial charge in [0.1, 0.15) is 0 Å². The molecule has 1 aromatic carbocycles. The maximum Gasteiger partial charge on any atom is 0.191 e. The summed E-state index contributed by atoms with van der Waals surface area (Å²) in [6, 6.07) is 10.8. The summed E-state index contributed by atoms with van der Waals surface area (Å²) in [5.41, 5.74) is 3.87. The molecule has 2 aromatic rings.